The second kappa shape index (κ2) is 8.85. The number of nitrogens with zero attached hydrogens (tertiary/aromatic N) is 1. The van der Waals surface area contributed by atoms with Crippen LogP contribution in [0.4, 0.5) is 4.39 Å². The first-order valence-corrected chi connectivity index (χ1v) is 9.20. The molecule has 0 radical (unpaired) electrons. The average Bonchev–Trinajstić information content (AvgIpc) is 2.71. The van der Waals surface area contributed by atoms with Crippen LogP contribution in [-0.2, 0) is 9.47 Å². The monoisotopic (exact) mass is 383 g/mol. The largest absolute Gasteiger partial charge is 0.467 e. The molecule has 1 atom stereocenters. The highest BCUT2D eigenvalue weighted by atomic mass is 19.1. The van der Waals surface area contributed by atoms with Gasteiger partial charge in [0.15, 0.2) is 6.79 Å². The van der Waals surface area contributed by atoms with E-state index in [9.17, 15) is 14.4 Å². The molecule has 0 aliphatic heterocycles. The highest BCUT2D eigenvalue weighted by molar-refractivity contribution is 5.92. The van der Waals surface area contributed by atoms with Crippen molar-refractivity contribution in [2.24, 2.45) is 0 Å². The van der Waals surface area contributed by atoms with E-state index in [4.69, 9.17) is 14.2 Å². The van der Waals surface area contributed by atoms with Gasteiger partial charge in [-0.15, -0.1) is 0 Å². The number of esters is 1. The molecule has 0 bridgehead atoms. The molecule has 3 rings (SSSR count). The standard InChI is InChI=1S/C22H22FNO4/c1-3-27-22(25)20-6-4-14(11-21(20)28-13-26-2)15-8-16-10-18(23)5-7-19(16)17(9-15)12-24/h4,6,9-11,15H,3,5,7-8,13H2,1-2H3. The van der Waals surface area contributed by atoms with Crippen molar-refractivity contribution in [2.45, 2.75) is 32.1 Å². The highest BCUT2D eigenvalue weighted by Crippen LogP contribution is 2.41. The summed E-state index contributed by atoms with van der Waals surface area (Å²) in [5.41, 5.74) is 3.56. The first-order valence-electron chi connectivity index (χ1n) is 9.20. The van der Waals surface area contributed by atoms with Crippen LogP contribution in [0.2, 0.25) is 0 Å². The fourth-order valence-corrected chi connectivity index (χ4v) is 3.55. The molecule has 0 fully saturated rings. The van der Waals surface area contributed by atoms with Gasteiger partial charge in [0.1, 0.15) is 17.1 Å². The Bertz CT molecular complexity index is 908. The van der Waals surface area contributed by atoms with Crippen LogP contribution in [0.25, 0.3) is 0 Å². The minimum absolute atomic E-state index is 0.0109. The molecular weight excluding hydrogens is 361 g/mol. The smallest absolute Gasteiger partial charge is 0.341 e. The predicted octanol–water partition coefficient (Wildman–Crippen LogP) is 4.73. The number of halogens is 1. The quantitative estimate of drug-likeness (QED) is 0.525. The van der Waals surface area contributed by atoms with Crippen molar-refractivity contribution >= 4 is 5.97 Å². The van der Waals surface area contributed by atoms with E-state index in [-0.39, 0.29) is 25.1 Å². The Balaban J connectivity index is 1.95. The number of ether oxygens (including phenoxy) is 3. The molecule has 0 saturated carbocycles. The van der Waals surface area contributed by atoms with E-state index < -0.39 is 5.97 Å². The molecule has 0 amide bonds. The minimum atomic E-state index is -0.473. The number of methoxy groups -OCH3 is 1. The zero-order valence-electron chi connectivity index (χ0n) is 16.0. The number of carbonyl (C=O) groups is 1. The molecule has 0 aromatic heterocycles. The van der Waals surface area contributed by atoms with Crippen LogP contribution in [0.3, 0.4) is 0 Å². The number of carbonyl (C=O) groups excluding carboxylic acids is 1. The van der Waals surface area contributed by atoms with Crippen molar-refractivity contribution in [1.82, 2.24) is 0 Å². The van der Waals surface area contributed by atoms with E-state index in [1.165, 1.54) is 7.11 Å². The van der Waals surface area contributed by atoms with Gasteiger partial charge in [-0.2, -0.15) is 5.26 Å². The third-order valence-corrected chi connectivity index (χ3v) is 4.85. The summed E-state index contributed by atoms with van der Waals surface area (Å²) >= 11 is 0. The Morgan fingerprint density at radius 1 is 1.36 bits per heavy atom. The number of benzene rings is 1. The summed E-state index contributed by atoms with van der Waals surface area (Å²) in [6, 6.07) is 7.47. The molecule has 5 nitrogen and oxygen atoms in total. The zero-order chi connectivity index (χ0) is 20.1. The molecule has 1 unspecified atom stereocenters. The van der Waals surface area contributed by atoms with Crippen LogP contribution >= 0.6 is 0 Å². The summed E-state index contributed by atoms with van der Waals surface area (Å²) in [7, 11) is 1.49. The Morgan fingerprint density at radius 2 is 2.18 bits per heavy atom. The topological polar surface area (TPSA) is 68.6 Å². The molecule has 28 heavy (non-hydrogen) atoms. The van der Waals surface area contributed by atoms with E-state index in [2.05, 4.69) is 6.07 Å². The van der Waals surface area contributed by atoms with Crippen LogP contribution in [0, 0.1) is 11.3 Å². The van der Waals surface area contributed by atoms with Gasteiger partial charge in [0, 0.05) is 19.4 Å². The van der Waals surface area contributed by atoms with Crippen molar-refractivity contribution in [3.8, 4) is 11.8 Å². The molecule has 2 aliphatic rings. The third kappa shape index (κ3) is 4.15. The zero-order valence-corrected chi connectivity index (χ0v) is 16.0. The van der Waals surface area contributed by atoms with E-state index in [0.717, 1.165) is 16.7 Å². The maximum Gasteiger partial charge on any atom is 0.341 e. The number of allylic oxidation sites excluding steroid dienone is 6. The van der Waals surface area contributed by atoms with Gasteiger partial charge < -0.3 is 14.2 Å². The minimum Gasteiger partial charge on any atom is -0.467 e. The molecule has 0 N–H and O–H groups in total. The van der Waals surface area contributed by atoms with E-state index in [0.29, 0.717) is 36.1 Å². The first kappa shape index (κ1) is 19.8. The van der Waals surface area contributed by atoms with Crippen molar-refractivity contribution in [1.29, 1.82) is 5.26 Å². The van der Waals surface area contributed by atoms with Gasteiger partial charge in [-0.05, 0) is 54.7 Å². The maximum atomic E-state index is 13.8. The predicted molar refractivity (Wildman–Crippen MR) is 101 cm³/mol. The number of nitriles is 1. The van der Waals surface area contributed by atoms with Gasteiger partial charge in [-0.1, -0.05) is 12.1 Å². The summed E-state index contributed by atoms with van der Waals surface area (Å²) in [5, 5.41) is 9.54. The van der Waals surface area contributed by atoms with E-state index in [1.54, 1.807) is 25.1 Å². The average molecular weight is 383 g/mol. The number of hydrogen-bond donors (Lipinski definition) is 0. The van der Waals surface area contributed by atoms with Gasteiger partial charge in [-0.25, -0.2) is 9.18 Å². The van der Waals surface area contributed by atoms with E-state index in [1.807, 2.05) is 12.1 Å². The van der Waals surface area contributed by atoms with Gasteiger partial charge in [0.2, 0.25) is 0 Å². The van der Waals surface area contributed by atoms with Crippen LogP contribution in [0.1, 0.15) is 48.0 Å². The highest BCUT2D eigenvalue weighted by Gasteiger charge is 2.26. The molecule has 1 aromatic rings. The second-order valence-electron chi connectivity index (χ2n) is 6.62. The van der Waals surface area contributed by atoms with Crippen LogP contribution in [0.15, 0.2) is 52.9 Å². The maximum absolute atomic E-state index is 13.8. The van der Waals surface area contributed by atoms with Crippen LogP contribution in [-0.4, -0.2) is 26.5 Å². The summed E-state index contributed by atoms with van der Waals surface area (Å²) in [4.78, 5) is 12.2. The lowest BCUT2D eigenvalue weighted by atomic mass is 9.78. The van der Waals surface area contributed by atoms with Gasteiger partial charge in [-0.3, -0.25) is 0 Å². The molecule has 1 aromatic carbocycles. The molecule has 0 saturated heterocycles. The van der Waals surface area contributed by atoms with Gasteiger partial charge in [0.05, 0.1) is 18.2 Å². The van der Waals surface area contributed by atoms with Gasteiger partial charge in [0.25, 0.3) is 0 Å². The fourth-order valence-electron chi connectivity index (χ4n) is 3.55. The van der Waals surface area contributed by atoms with Crippen molar-refractivity contribution in [3.05, 3.63) is 64.0 Å². The SMILES string of the molecule is CCOC(=O)c1ccc(C2C=C(C#N)C3=C(C=C(F)CC3)C2)cc1OCOC. The summed E-state index contributed by atoms with van der Waals surface area (Å²) in [6.07, 6.45) is 4.94. The number of hydrogen-bond acceptors (Lipinski definition) is 5. The summed E-state index contributed by atoms with van der Waals surface area (Å²) < 4.78 is 29.4. The third-order valence-electron chi connectivity index (χ3n) is 4.85. The molecule has 0 spiro atoms. The van der Waals surface area contributed by atoms with Crippen molar-refractivity contribution < 1.29 is 23.4 Å². The summed E-state index contributed by atoms with van der Waals surface area (Å²) in [5.74, 6) is -0.385. The van der Waals surface area contributed by atoms with Gasteiger partial charge >= 0.3 is 5.97 Å². The van der Waals surface area contributed by atoms with Crippen LogP contribution in [0.5, 0.6) is 5.75 Å². The molecular formula is C22H22FNO4. The van der Waals surface area contributed by atoms with Crippen molar-refractivity contribution in [3.63, 3.8) is 0 Å². The Labute approximate surface area is 163 Å². The van der Waals surface area contributed by atoms with E-state index >= 15 is 0 Å². The number of rotatable bonds is 6. The Kier molecular flexibility index (Phi) is 6.27. The Morgan fingerprint density at radius 3 is 2.89 bits per heavy atom. The lowest BCUT2D eigenvalue weighted by Crippen LogP contribution is -2.12. The molecule has 2 aliphatic carbocycles. The molecule has 146 valence electrons. The molecule has 0 heterocycles. The second-order valence-corrected chi connectivity index (χ2v) is 6.62. The lowest BCUT2D eigenvalue weighted by Gasteiger charge is -2.26. The summed E-state index contributed by atoms with van der Waals surface area (Å²) in [6.45, 7) is 1.99. The first-order chi connectivity index (χ1) is 13.6. The van der Waals surface area contributed by atoms with Crippen LogP contribution < -0.4 is 4.74 Å². The molecule has 6 heteroatoms. The fraction of sp³-hybridized carbons (Fsp3) is 0.364. The lowest BCUT2D eigenvalue weighted by molar-refractivity contribution is 0.0438. The van der Waals surface area contributed by atoms with Crippen molar-refractivity contribution in [2.75, 3.05) is 20.5 Å². The Hall–Kier alpha value is -2.91. The normalized spacial score (nSPS) is 18.6.